The zero-order valence-electron chi connectivity index (χ0n) is 13.6. The standard InChI is InChI=1S/C16H28N4O/c1-12-5-6-16(21-4)13(9-12)10-14(18-17)15-11-19(2)7-8-20(15)3/h5-6,9,14-15,18H,7-8,10-11,17H2,1-4H3. The maximum absolute atomic E-state index is 5.85. The third-order valence-electron chi connectivity index (χ3n) is 4.45. The van der Waals surface area contributed by atoms with Crippen LogP contribution in [0.1, 0.15) is 11.1 Å². The molecule has 1 saturated heterocycles. The molecule has 0 saturated carbocycles. The first kappa shape index (κ1) is 16.2. The van der Waals surface area contributed by atoms with Crippen LogP contribution in [0.25, 0.3) is 0 Å². The summed E-state index contributed by atoms with van der Waals surface area (Å²) in [7, 11) is 6.07. The van der Waals surface area contributed by atoms with E-state index in [-0.39, 0.29) is 6.04 Å². The monoisotopic (exact) mass is 292 g/mol. The average molecular weight is 292 g/mol. The van der Waals surface area contributed by atoms with E-state index in [4.69, 9.17) is 10.6 Å². The van der Waals surface area contributed by atoms with Crippen LogP contribution in [0.15, 0.2) is 18.2 Å². The molecule has 5 heteroatoms. The van der Waals surface area contributed by atoms with Gasteiger partial charge in [0.05, 0.1) is 7.11 Å². The number of hydrogen-bond acceptors (Lipinski definition) is 5. The summed E-state index contributed by atoms with van der Waals surface area (Å²) in [5.41, 5.74) is 5.47. The molecule has 1 heterocycles. The fourth-order valence-corrected chi connectivity index (χ4v) is 3.09. The van der Waals surface area contributed by atoms with Gasteiger partial charge >= 0.3 is 0 Å². The number of hydrazine groups is 1. The molecule has 1 fully saturated rings. The second-order valence-corrected chi connectivity index (χ2v) is 6.10. The largest absolute Gasteiger partial charge is 0.496 e. The van der Waals surface area contributed by atoms with E-state index in [0.717, 1.165) is 31.8 Å². The van der Waals surface area contributed by atoms with Crippen LogP contribution < -0.4 is 16.0 Å². The van der Waals surface area contributed by atoms with E-state index >= 15 is 0 Å². The van der Waals surface area contributed by atoms with Gasteiger partial charge < -0.3 is 9.64 Å². The van der Waals surface area contributed by atoms with E-state index in [1.807, 2.05) is 6.07 Å². The van der Waals surface area contributed by atoms with Crippen LogP contribution in [0.4, 0.5) is 0 Å². The summed E-state index contributed by atoms with van der Waals surface area (Å²) in [5, 5.41) is 0. The van der Waals surface area contributed by atoms with Crippen molar-refractivity contribution in [2.45, 2.75) is 25.4 Å². The molecular weight excluding hydrogens is 264 g/mol. The second-order valence-electron chi connectivity index (χ2n) is 6.10. The Hall–Kier alpha value is -1.14. The Morgan fingerprint density at radius 3 is 2.81 bits per heavy atom. The lowest BCUT2D eigenvalue weighted by Crippen LogP contribution is -2.60. The molecule has 2 rings (SSSR count). The molecule has 0 radical (unpaired) electrons. The zero-order valence-corrected chi connectivity index (χ0v) is 13.6. The highest BCUT2D eigenvalue weighted by Gasteiger charge is 2.29. The normalized spacial score (nSPS) is 22.2. The van der Waals surface area contributed by atoms with E-state index in [1.54, 1.807) is 7.11 Å². The maximum atomic E-state index is 5.85. The van der Waals surface area contributed by atoms with Gasteiger partial charge in [-0.05, 0) is 39.1 Å². The fraction of sp³-hybridized carbons (Fsp3) is 0.625. The van der Waals surface area contributed by atoms with Crippen molar-refractivity contribution in [3.05, 3.63) is 29.3 Å². The van der Waals surface area contributed by atoms with Crippen molar-refractivity contribution in [2.24, 2.45) is 5.84 Å². The second kappa shape index (κ2) is 7.22. The Balaban J connectivity index is 2.16. The molecule has 21 heavy (non-hydrogen) atoms. The third kappa shape index (κ3) is 3.95. The molecule has 2 atom stereocenters. The van der Waals surface area contributed by atoms with Crippen LogP contribution in [-0.2, 0) is 6.42 Å². The van der Waals surface area contributed by atoms with E-state index in [0.29, 0.717) is 6.04 Å². The van der Waals surface area contributed by atoms with E-state index in [2.05, 4.69) is 48.4 Å². The molecule has 0 aliphatic carbocycles. The number of likely N-dealkylation sites (N-methyl/N-ethyl adjacent to an activating group) is 2. The first-order chi connectivity index (χ1) is 10.0. The van der Waals surface area contributed by atoms with Gasteiger partial charge in [-0.25, -0.2) is 0 Å². The summed E-state index contributed by atoms with van der Waals surface area (Å²) in [6, 6.07) is 6.91. The van der Waals surface area contributed by atoms with Gasteiger partial charge in [-0.15, -0.1) is 0 Å². The molecule has 118 valence electrons. The summed E-state index contributed by atoms with van der Waals surface area (Å²) in [6.45, 7) is 5.32. The fourth-order valence-electron chi connectivity index (χ4n) is 3.09. The van der Waals surface area contributed by atoms with Gasteiger partial charge in [-0.1, -0.05) is 17.7 Å². The molecule has 1 aromatic carbocycles. The van der Waals surface area contributed by atoms with Gasteiger partial charge in [0.25, 0.3) is 0 Å². The topological polar surface area (TPSA) is 53.8 Å². The number of hydrogen-bond donors (Lipinski definition) is 2. The van der Waals surface area contributed by atoms with Gasteiger partial charge in [-0.2, -0.15) is 0 Å². The zero-order chi connectivity index (χ0) is 15.4. The van der Waals surface area contributed by atoms with Crippen LogP contribution in [0.3, 0.4) is 0 Å². The Kier molecular flexibility index (Phi) is 5.58. The number of nitrogens with zero attached hydrogens (tertiary/aromatic N) is 2. The van der Waals surface area contributed by atoms with Crippen LogP contribution in [0.2, 0.25) is 0 Å². The molecule has 2 unspecified atom stereocenters. The Morgan fingerprint density at radius 2 is 2.14 bits per heavy atom. The molecule has 1 aliphatic rings. The van der Waals surface area contributed by atoms with Gasteiger partial charge in [-0.3, -0.25) is 16.2 Å². The van der Waals surface area contributed by atoms with Crippen molar-refractivity contribution in [3.8, 4) is 5.75 Å². The minimum Gasteiger partial charge on any atom is -0.496 e. The lowest BCUT2D eigenvalue weighted by molar-refractivity contribution is 0.0875. The summed E-state index contributed by atoms with van der Waals surface area (Å²) in [5.74, 6) is 6.79. The van der Waals surface area contributed by atoms with Crippen molar-refractivity contribution in [1.82, 2.24) is 15.2 Å². The van der Waals surface area contributed by atoms with Crippen molar-refractivity contribution in [1.29, 1.82) is 0 Å². The highest BCUT2D eigenvalue weighted by Crippen LogP contribution is 2.23. The first-order valence-corrected chi connectivity index (χ1v) is 7.53. The average Bonchev–Trinajstić information content (AvgIpc) is 2.47. The highest BCUT2D eigenvalue weighted by atomic mass is 16.5. The molecule has 1 aromatic rings. The SMILES string of the molecule is COc1ccc(C)cc1CC(NN)C1CN(C)CCN1C. The predicted octanol–water partition coefficient (Wildman–Crippen LogP) is 0.624. The van der Waals surface area contributed by atoms with Crippen molar-refractivity contribution in [3.63, 3.8) is 0 Å². The smallest absolute Gasteiger partial charge is 0.122 e. The predicted molar refractivity (Wildman–Crippen MR) is 86.5 cm³/mol. The lowest BCUT2D eigenvalue weighted by atomic mass is 9.95. The number of methoxy groups -OCH3 is 1. The highest BCUT2D eigenvalue weighted by molar-refractivity contribution is 5.37. The van der Waals surface area contributed by atoms with E-state index < -0.39 is 0 Å². The van der Waals surface area contributed by atoms with Crippen LogP contribution >= 0.6 is 0 Å². The van der Waals surface area contributed by atoms with Crippen molar-refractivity contribution < 1.29 is 4.74 Å². The summed E-state index contributed by atoms with van der Waals surface area (Å²) < 4.78 is 5.49. The molecule has 3 N–H and O–H groups in total. The number of nitrogens with one attached hydrogen (secondary N) is 1. The summed E-state index contributed by atoms with van der Waals surface area (Å²) in [4.78, 5) is 4.76. The third-order valence-corrected chi connectivity index (χ3v) is 4.45. The molecule has 0 bridgehead atoms. The Morgan fingerprint density at radius 1 is 1.38 bits per heavy atom. The molecule has 5 nitrogen and oxygen atoms in total. The number of benzene rings is 1. The summed E-state index contributed by atoms with van der Waals surface area (Å²) >= 11 is 0. The van der Waals surface area contributed by atoms with Gasteiger partial charge in [0.2, 0.25) is 0 Å². The maximum Gasteiger partial charge on any atom is 0.122 e. The van der Waals surface area contributed by atoms with Gasteiger partial charge in [0, 0.05) is 31.7 Å². The summed E-state index contributed by atoms with van der Waals surface area (Å²) in [6.07, 6.45) is 0.865. The van der Waals surface area contributed by atoms with Crippen molar-refractivity contribution >= 4 is 0 Å². The lowest BCUT2D eigenvalue weighted by Gasteiger charge is -2.41. The van der Waals surface area contributed by atoms with Gasteiger partial charge in [0.15, 0.2) is 0 Å². The number of rotatable bonds is 5. The Bertz CT molecular complexity index is 466. The Labute approximate surface area is 128 Å². The van der Waals surface area contributed by atoms with E-state index in [1.165, 1.54) is 11.1 Å². The van der Waals surface area contributed by atoms with Crippen LogP contribution in [0, 0.1) is 6.92 Å². The number of aryl methyl sites for hydroxylation is 1. The molecule has 1 aliphatic heterocycles. The van der Waals surface area contributed by atoms with E-state index in [9.17, 15) is 0 Å². The van der Waals surface area contributed by atoms with Crippen molar-refractivity contribution in [2.75, 3.05) is 40.8 Å². The minimum atomic E-state index is 0.202. The van der Waals surface area contributed by atoms with Gasteiger partial charge in [0.1, 0.15) is 5.75 Å². The van der Waals surface area contributed by atoms with Crippen LogP contribution in [-0.4, -0.2) is 62.7 Å². The number of ether oxygens (including phenoxy) is 1. The molecular formula is C16H28N4O. The minimum absolute atomic E-state index is 0.202. The first-order valence-electron chi connectivity index (χ1n) is 7.53. The molecule has 0 spiro atoms. The quantitative estimate of drug-likeness (QED) is 0.616. The number of piperazine rings is 1. The molecule has 0 aromatic heterocycles. The number of nitrogens with two attached hydrogens (primary N) is 1. The molecule has 0 amide bonds. The van der Waals surface area contributed by atoms with Crippen LogP contribution in [0.5, 0.6) is 5.75 Å².